The van der Waals surface area contributed by atoms with Gasteiger partial charge >= 0.3 is 0 Å². The first-order valence-electron chi connectivity index (χ1n) is 3.84. The smallest absolute Gasteiger partial charge is 0.0998 e. The van der Waals surface area contributed by atoms with Crippen molar-refractivity contribution in [1.82, 2.24) is 5.10 Å². The summed E-state index contributed by atoms with van der Waals surface area (Å²) in [5.41, 5.74) is 6.52. The highest BCUT2D eigenvalue weighted by Crippen LogP contribution is 2.18. The Hall–Kier alpha value is -1.31. The topological polar surface area (TPSA) is 26.1 Å². The normalized spacial score (nSPS) is 13.7. The number of hydrogen-bond donors (Lipinski definition) is 1. The molecule has 55 valence electrons. The predicted octanol–water partition coefficient (Wildman–Crippen LogP) is 1.56. The number of anilines is 1. The molecule has 0 aromatic heterocycles. The van der Waals surface area contributed by atoms with Gasteiger partial charge in [0.15, 0.2) is 5.10 Å². The molecule has 1 aromatic carbocycles. The van der Waals surface area contributed by atoms with Crippen LogP contribution in [0.3, 0.4) is 0 Å². The number of hydrazone groups is 1. The lowest BCUT2D eigenvalue weighted by molar-refractivity contribution is 1.18. The molecule has 2 nitrogen and oxygen atoms in total. The Morgan fingerprint density at radius 1 is 1.36 bits per heavy atom. The number of para-hydroxylation sites is 1. The number of rotatable bonds is 1. The molecule has 0 atom stereocenters. The van der Waals surface area contributed by atoms with Crippen LogP contribution < -0.4 is 10.5 Å². The minimum absolute atomic E-state index is 0.990. The van der Waals surface area contributed by atoms with E-state index in [1.165, 1.54) is 5.56 Å². The maximum absolute atomic E-state index is 4.19. The van der Waals surface area contributed by atoms with Gasteiger partial charge in [0, 0.05) is 6.42 Å². The molecule has 1 aliphatic heterocycles. The SMILES string of the molecule is CCC1=[N+]Nc2ccccc21. The molecule has 1 radical (unpaired) electrons. The highest BCUT2D eigenvalue weighted by molar-refractivity contribution is 6.06. The minimum atomic E-state index is 0.990. The second-order valence-corrected chi connectivity index (χ2v) is 2.57. The molecule has 0 aliphatic carbocycles. The van der Waals surface area contributed by atoms with Crippen molar-refractivity contribution in [2.45, 2.75) is 13.3 Å². The van der Waals surface area contributed by atoms with Gasteiger partial charge in [0.05, 0.1) is 5.56 Å². The lowest BCUT2D eigenvalue weighted by Gasteiger charge is -1.89. The molecule has 11 heavy (non-hydrogen) atoms. The average molecular weight is 146 g/mol. The Bertz CT molecular complexity index is 302. The zero-order chi connectivity index (χ0) is 7.68. The van der Waals surface area contributed by atoms with Gasteiger partial charge < -0.3 is 0 Å². The number of nitrogens with zero attached hydrogens (tertiary/aromatic N) is 1. The summed E-state index contributed by atoms with van der Waals surface area (Å²) in [7, 11) is 0. The molecule has 0 saturated heterocycles. The fraction of sp³-hybridized carbons (Fsp3) is 0.222. The van der Waals surface area contributed by atoms with Gasteiger partial charge in [-0.15, -0.1) is 0 Å². The van der Waals surface area contributed by atoms with Gasteiger partial charge in [0.1, 0.15) is 5.69 Å². The molecular weight excluding hydrogens is 136 g/mol. The van der Waals surface area contributed by atoms with Gasteiger partial charge in [0.2, 0.25) is 0 Å². The predicted molar refractivity (Wildman–Crippen MR) is 46.6 cm³/mol. The summed E-state index contributed by atoms with van der Waals surface area (Å²) in [4.78, 5) is 0. The van der Waals surface area contributed by atoms with Gasteiger partial charge in [-0.25, -0.2) is 0 Å². The lowest BCUT2D eigenvalue weighted by atomic mass is 10.1. The quantitative estimate of drug-likeness (QED) is 0.639. The van der Waals surface area contributed by atoms with E-state index in [-0.39, 0.29) is 0 Å². The maximum Gasteiger partial charge on any atom is 0.295 e. The van der Waals surface area contributed by atoms with Crippen LogP contribution in [0.2, 0.25) is 0 Å². The van der Waals surface area contributed by atoms with Crippen molar-refractivity contribution in [3.63, 3.8) is 0 Å². The van der Waals surface area contributed by atoms with Crippen LogP contribution in [0.25, 0.3) is 0 Å². The highest BCUT2D eigenvalue weighted by Gasteiger charge is 2.24. The summed E-state index contributed by atoms with van der Waals surface area (Å²) in [5, 5.41) is 4.19. The third-order valence-electron chi connectivity index (χ3n) is 1.88. The van der Waals surface area contributed by atoms with Crippen molar-refractivity contribution in [1.29, 1.82) is 0 Å². The molecule has 0 spiro atoms. The monoisotopic (exact) mass is 146 g/mol. The molecule has 2 heteroatoms. The molecule has 0 unspecified atom stereocenters. The van der Waals surface area contributed by atoms with Crippen molar-refractivity contribution in [3.05, 3.63) is 29.8 Å². The summed E-state index contributed by atoms with van der Waals surface area (Å²) in [6.07, 6.45) is 0.990. The van der Waals surface area contributed by atoms with Crippen LogP contribution in [0.5, 0.6) is 0 Å². The van der Waals surface area contributed by atoms with E-state index in [0.29, 0.717) is 0 Å². The van der Waals surface area contributed by atoms with E-state index in [0.717, 1.165) is 17.8 Å². The van der Waals surface area contributed by atoms with Gasteiger partial charge in [0.25, 0.3) is 5.71 Å². The molecular formula is C9H10N2+. The summed E-state index contributed by atoms with van der Waals surface area (Å²) < 4.78 is 0. The van der Waals surface area contributed by atoms with Crippen LogP contribution in [0.4, 0.5) is 5.69 Å². The van der Waals surface area contributed by atoms with Crippen LogP contribution >= 0.6 is 0 Å². The van der Waals surface area contributed by atoms with E-state index >= 15 is 0 Å². The van der Waals surface area contributed by atoms with Crippen LogP contribution in [0.1, 0.15) is 18.9 Å². The molecule has 2 rings (SSSR count). The fourth-order valence-electron chi connectivity index (χ4n) is 1.29. The van der Waals surface area contributed by atoms with Crippen molar-refractivity contribution in [2.24, 2.45) is 0 Å². The summed E-state index contributed by atoms with van der Waals surface area (Å²) in [6.45, 7) is 2.11. The zero-order valence-electron chi connectivity index (χ0n) is 6.46. The Morgan fingerprint density at radius 2 is 2.18 bits per heavy atom. The number of hydrogen-bond acceptors (Lipinski definition) is 2. The minimum Gasteiger partial charge on any atom is -0.0998 e. The standard InChI is InChI=1S/C9H10N2/c1-2-8-7-5-3-4-6-9(7)11-10-8/h3-6,11H,2H2,1H3/q+1. The van der Waals surface area contributed by atoms with Crippen molar-refractivity contribution in [3.8, 4) is 0 Å². The maximum atomic E-state index is 4.19. The Labute approximate surface area is 65.9 Å². The third-order valence-corrected chi connectivity index (χ3v) is 1.88. The Morgan fingerprint density at radius 3 is 3.00 bits per heavy atom. The van der Waals surface area contributed by atoms with Crippen molar-refractivity contribution in [2.75, 3.05) is 5.43 Å². The third kappa shape index (κ3) is 0.909. The van der Waals surface area contributed by atoms with Crippen LogP contribution in [-0.2, 0) is 0 Å². The lowest BCUT2D eigenvalue weighted by Crippen LogP contribution is -2.01. The van der Waals surface area contributed by atoms with Crippen LogP contribution in [0, 0.1) is 0 Å². The molecule has 1 aromatic rings. The van der Waals surface area contributed by atoms with Crippen LogP contribution in [-0.4, -0.2) is 5.71 Å². The van der Waals surface area contributed by atoms with E-state index < -0.39 is 0 Å². The number of benzene rings is 1. The first-order valence-corrected chi connectivity index (χ1v) is 3.84. The molecule has 1 heterocycles. The molecule has 0 fully saturated rings. The number of fused-ring (bicyclic) bond motifs is 1. The summed E-state index contributed by atoms with van der Waals surface area (Å²) >= 11 is 0. The van der Waals surface area contributed by atoms with Gasteiger partial charge in [-0.3, -0.25) is 0 Å². The van der Waals surface area contributed by atoms with Crippen LogP contribution in [0.15, 0.2) is 24.3 Å². The van der Waals surface area contributed by atoms with E-state index in [9.17, 15) is 0 Å². The molecule has 1 aliphatic rings. The molecule has 0 amide bonds. The second-order valence-electron chi connectivity index (χ2n) is 2.57. The average Bonchev–Trinajstić information content (AvgIpc) is 2.47. The van der Waals surface area contributed by atoms with Crippen molar-refractivity contribution < 1.29 is 0 Å². The molecule has 0 saturated carbocycles. The highest BCUT2D eigenvalue weighted by atomic mass is 15.3. The first-order chi connectivity index (χ1) is 5.42. The Kier molecular flexibility index (Phi) is 1.39. The van der Waals surface area contributed by atoms with Crippen molar-refractivity contribution >= 4 is 11.4 Å². The van der Waals surface area contributed by atoms with E-state index in [1.807, 2.05) is 18.2 Å². The van der Waals surface area contributed by atoms with E-state index in [1.54, 1.807) is 0 Å². The molecule has 1 N–H and O–H groups in total. The summed E-state index contributed by atoms with van der Waals surface area (Å²) in [5.74, 6) is 0. The first kappa shape index (κ1) is 6.40. The van der Waals surface area contributed by atoms with E-state index in [2.05, 4.69) is 23.5 Å². The fourth-order valence-corrected chi connectivity index (χ4v) is 1.29. The Balaban J connectivity index is 2.48. The second kappa shape index (κ2) is 2.38. The zero-order valence-corrected chi connectivity index (χ0v) is 6.46. The van der Waals surface area contributed by atoms with Gasteiger partial charge in [-0.05, 0) is 12.1 Å². The largest absolute Gasteiger partial charge is 0.295 e. The van der Waals surface area contributed by atoms with Gasteiger partial charge in [-0.1, -0.05) is 24.5 Å². The number of nitrogens with one attached hydrogen (secondary N) is 1. The van der Waals surface area contributed by atoms with E-state index in [4.69, 9.17) is 0 Å². The van der Waals surface area contributed by atoms with Gasteiger partial charge in [-0.2, -0.15) is 0 Å². The molecule has 0 bridgehead atoms. The summed E-state index contributed by atoms with van der Waals surface area (Å²) in [6, 6.07) is 8.19.